The molecule has 0 radical (unpaired) electrons. The van der Waals surface area contributed by atoms with Crippen LogP contribution in [0.4, 0.5) is 10.5 Å². The molecule has 25 heavy (non-hydrogen) atoms. The smallest absolute Gasteiger partial charge is 0.410 e. The molecule has 1 atom stereocenters. The van der Waals surface area contributed by atoms with Gasteiger partial charge in [-0.2, -0.15) is 0 Å². The molecule has 130 valence electrons. The maximum atomic E-state index is 12.4. The minimum absolute atomic E-state index is 0.0639. The summed E-state index contributed by atoms with van der Waals surface area (Å²) in [6.45, 7) is 1.06. The van der Waals surface area contributed by atoms with Gasteiger partial charge >= 0.3 is 6.09 Å². The highest BCUT2D eigenvalue weighted by atomic mass is 16.6. The number of aromatic nitrogens is 1. The van der Waals surface area contributed by atoms with Gasteiger partial charge in [-0.15, -0.1) is 0 Å². The van der Waals surface area contributed by atoms with Crippen LogP contribution in [-0.2, 0) is 21.7 Å². The van der Waals surface area contributed by atoms with Crippen molar-refractivity contribution in [1.29, 1.82) is 0 Å². The van der Waals surface area contributed by atoms with E-state index >= 15 is 0 Å². The quantitative estimate of drug-likeness (QED) is 0.836. The molecule has 1 spiro atoms. The number of carbonyl (C=O) groups is 1. The highest BCUT2D eigenvalue weighted by molar-refractivity contribution is 5.69. The first-order valence-electron chi connectivity index (χ1n) is 8.17. The summed E-state index contributed by atoms with van der Waals surface area (Å²) in [5.41, 5.74) is 1.57. The van der Waals surface area contributed by atoms with E-state index in [1.165, 1.54) is 0 Å². The second kappa shape index (κ2) is 6.34. The molecule has 0 N–H and O–H groups in total. The maximum Gasteiger partial charge on any atom is 0.410 e. The predicted octanol–water partition coefficient (Wildman–Crippen LogP) is 2.61. The SMILES string of the molecule is O=C(OCc1ccccc1)N1CCC2(C1)OCN([O-])c1cnccc12. The zero-order chi connectivity index (χ0) is 17.3. The highest BCUT2D eigenvalue weighted by Crippen LogP contribution is 2.43. The van der Waals surface area contributed by atoms with Crippen molar-refractivity contribution in [2.45, 2.75) is 18.6 Å². The van der Waals surface area contributed by atoms with E-state index < -0.39 is 5.60 Å². The van der Waals surface area contributed by atoms with Crippen molar-refractivity contribution in [3.05, 3.63) is 65.1 Å². The monoisotopic (exact) mass is 340 g/mol. The summed E-state index contributed by atoms with van der Waals surface area (Å²) < 4.78 is 11.2. The van der Waals surface area contributed by atoms with Crippen LogP contribution in [0.3, 0.4) is 0 Å². The number of carbonyl (C=O) groups excluding carboxylic acids is 1. The fourth-order valence-corrected chi connectivity index (χ4v) is 3.39. The molecule has 1 unspecified atom stereocenters. The third-order valence-corrected chi connectivity index (χ3v) is 4.71. The number of amides is 1. The fraction of sp³-hybridized carbons (Fsp3) is 0.333. The van der Waals surface area contributed by atoms with Gasteiger partial charge in [-0.3, -0.25) is 4.98 Å². The third kappa shape index (κ3) is 2.92. The Bertz CT molecular complexity index is 770. The number of fused-ring (bicyclic) bond motifs is 2. The Balaban J connectivity index is 1.46. The molecular formula is C18H18N3O4-. The van der Waals surface area contributed by atoms with Crippen LogP contribution in [0.25, 0.3) is 0 Å². The Morgan fingerprint density at radius 2 is 2.16 bits per heavy atom. The molecule has 2 aliphatic rings. The Hall–Kier alpha value is -2.64. The summed E-state index contributed by atoms with van der Waals surface area (Å²) in [4.78, 5) is 18.0. The molecule has 0 saturated carbocycles. The van der Waals surface area contributed by atoms with Crippen LogP contribution in [0.2, 0.25) is 0 Å². The van der Waals surface area contributed by atoms with Gasteiger partial charge in [-0.25, -0.2) is 4.79 Å². The molecule has 7 heteroatoms. The zero-order valence-electron chi connectivity index (χ0n) is 13.6. The van der Waals surface area contributed by atoms with Crippen molar-refractivity contribution in [2.75, 3.05) is 24.9 Å². The summed E-state index contributed by atoms with van der Waals surface area (Å²) in [6, 6.07) is 11.3. The standard InChI is InChI=1S/C18H18N3O4/c22-17(24-11-14-4-2-1-3-5-14)20-9-7-18(12-20)15-6-8-19-10-16(15)21(23)13-25-18/h1-6,8,10H,7,9,11-13H2/q-1. The fourth-order valence-electron chi connectivity index (χ4n) is 3.39. The zero-order valence-corrected chi connectivity index (χ0v) is 13.6. The van der Waals surface area contributed by atoms with Gasteiger partial charge in [0.25, 0.3) is 0 Å². The summed E-state index contributed by atoms with van der Waals surface area (Å²) in [6.07, 6.45) is 3.44. The van der Waals surface area contributed by atoms with E-state index in [9.17, 15) is 10.0 Å². The molecule has 1 aromatic heterocycles. The Kier molecular flexibility index (Phi) is 4.03. The first-order chi connectivity index (χ1) is 12.2. The Labute approximate surface area is 145 Å². The molecule has 1 saturated heterocycles. The molecule has 0 aliphatic carbocycles. The molecule has 0 bridgehead atoms. The Morgan fingerprint density at radius 1 is 1.32 bits per heavy atom. The van der Waals surface area contributed by atoms with Crippen molar-refractivity contribution >= 4 is 11.8 Å². The van der Waals surface area contributed by atoms with Crippen molar-refractivity contribution in [1.82, 2.24) is 9.88 Å². The summed E-state index contributed by atoms with van der Waals surface area (Å²) in [5.74, 6) is 0. The van der Waals surface area contributed by atoms with Crippen LogP contribution >= 0.6 is 0 Å². The van der Waals surface area contributed by atoms with Gasteiger partial charge in [-0.05, 0) is 11.6 Å². The molecule has 1 fully saturated rings. The minimum atomic E-state index is -0.662. The topological polar surface area (TPSA) is 78.0 Å². The van der Waals surface area contributed by atoms with E-state index in [1.54, 1.807) is 23.4 Å². The van der Waals surface area contributed by atoms with Gasteiger partial charge in [0, 0.05) is 30.9 Å². The lowest BCUT2D eigenvalue weighted by atomic mass is 9.91. The van der Waals surface area contributed by atoms with Crippen LogP contribution < -0.4 is 5.06 Å². The molecule has 3 heterocycles. The van der Waals surface area contributed by atoms with E-state index in [4.69, 9.17) is 9.47 Å². The number of pyridine rings is 1. The second-order valence-electron chi connectivity index (χ2n) is 6.25. The van der Waals surface area contributed by atoms with Gasteiger partial charge < -0.3 is 24.6 Å². The summed E-state index contributed by atoms with van der Waals surface area (Å²) in [5, 5.41) is 12.7. The average Bonchev–Trinajstić information content (AvgIpc) is 3.09. The lowest BCUT2D eigenvalue weighted by Crippen LogP contribution is -2.43. The molecule has 7 nitrogen and oxygen atoms in total. The lowest BCUT2D eigenvalue weighted by molar-refractivity contribution is -0.0474. The Morgan fingerprint density at radius 3 is 3.00 bits per heavy atom. The predicted molar refractivity (Wildman–Crippen MR) is 90.5 cm³/mol. The van der Waals surface area contributed by atoms with Crippen molar-refractivity contribution in [2.24, 2.45) is 0 Å². The number of rotatable bonds is 2. The molecule has 1 amide bonds. The van der Waals surface area contributed by atoms with Crippen molar-refractivity contribution < 1.29 is 14.3 Å². The third-order valence-electron chi connectivity index (χ3n) is 4.71. The first-order valence-corrected chi connectivity index (χ1v) is 8.17. The van der Waals surface area contributed by atoms with E-state index in [0.29, 0.717) is 25.2 Å². The van der Waals surface area contributed by atoms with Crippen LogP contribution in [0.15, 0.2) is 48.8 Å². The summed E-state index contributed by atoms with van der Waals surface area (Å²) in [7, 11) is 0. The molecular weight excluding hydrogens is 322 g/mol. The van der Waals surface area contributed by atoms with Gasteiger partial charge in [0.2, 0.25) is 0 Å². The lowest BCUT2D eigenvalue weighted by Gasteiger charge is -2.44. The number of ether oxygens (including phenoxy) is 2. The van der Waals surface area contributed by atoms with Crippen LogP contribution in [-0.4, -0.2) is 35.8 Å². The number of likely N-dealkylation sites (tertiary alicyclic amines) is 1. The van der Waals surface area contributed by atoms with Gasteiger partial charge in [0.1, 0.15) is 18.9 Å². The molecule has 2 aliphatic heterocycles. The van der Waals surface area contributed by atoms with Crippen molar-refractivity contribution in [3.8, 4) is 0 Å². The molecule has 1 aromatic carbocycles. The average molecular weight is 340 g/mol. The van der Waals surface area contributed by atoms with Gasteiger partial charge in [0.15, 0.2) is 0 Å². The number of benzene rings is 1. The molecule has 2 aromatic rings. The summed E-state index contributed by atoms with van der Waals surface area (Å²) >= 11 is 0. The van der Waals surface area contributed by atoms with Crippen LogP contribution in [0.1, 0.15) is 17.5 Å². The van der Waals surface area contributed by atoms with E-state index in [1.807, 2.05) is 30.3 Å². The number of hydroxylamine groups is 1. The first kappa shape index (κ1) is 15.9. The maximum absolute atomic E-state index is 12.4. The van der Waals surface area contributed by atoms with Crippen LogP contribution in [0.5, 0.6) is 0 Å². The second-order valence-corrected chi connectivity index (χ2v) is 6.25. The van der Waals surface area contributed by atoms with E-state index in [0.717, 1.165) is 16.2 Å². The number of hydrogen-bond acceptors (Lipinski definition) is 6. The number of anilines is 1. The molecule has 4 rings (SSSR count). The normalized spacial score (nSPS) is 22.1. The highest BCUT2D eigenvalue weighted by Gasteiger charge is 2.46. The van der Waals surface area contributed by atoms with Gasteiger partial charge in [0.05, 0.1) is 12.2 Å². The van der Waals surface area contributed by atoms with Crippen molar-refractivity contribution in [3.63, 3.8) is 0 Å². The minimum Gasteiger partial charge on any atom is -0.757 e. The number of nitrogens with zero attached hydrogens (tertiary/aromatic N) is 3. The van der Waals surface area contributed by atoms with E-state index in [2.05, 4.69) is 4.98 Å². The largest absolute Gasteiger partial charge is 0.757 e. The van der Waals surface area contributed by atoms with Gasteiger partial charge in [-0.1, -0.05) is 30.3 Å². The number of hydrogen-bond donors (Lipinski definition) is 0. The van der Waals surface area contributed by atoms with E-state index in [-0.39, 0.29) is 19.4 Å². The van der Waals surface area contributed by atoms with Crippen LogP contribution in [0, 0.1) is 5.21 Å².